The van der Waals surface area contributed by atoms with E-state index in [4.69, 9.17) is 0 Å². The Hall–Kier alpha value is -2.24. The fraction of sp³-hybridized carbons (Fsp3) is 0.368. The van der Waals surface area contributed by atoms with Crippen molar-refractivity contribution >= 4 is 11.4 Å². The average Bonchev–Trinajstić information content (AvgIpc) is 2.67. The molecule has 1 fully saturated rings. The minimum Gasteiger partial charge on any atom is -0.342 e. The Morgan fingerprint density at radius 2 is 0.920 bits per heavy atom. The van der Waals surface area contributed by atoms with E-state index >= 15 is 0 Å². The van der Waals surface area contributed by atoms with Crippen LogP contribution in [0.3, 0.4) is 0 Å². The number of halogens is 4. The molecule has 2 aromatic rings. The van der Waals surface area contributed by atoms with Gasteiger partial charge < -0.3 is 9.80 Å². The Morgan fingerprint density at radius 1 is 0.640 bits per heavy atom. The molecule has 1 heterocycles. The molecule has 0 aliphatic carbocycles. The number of para-hydroxylation sites is 2. The summed E-state index contributed by atoms with van der Waals surface area (Å²) >= 11 is 0. The molecule has 0 amide bonds. The lowest BCUT2D eigenvalue weighted by Crippen LogP contribution is -2.55. The van der Waals surface area contributed by atoms with Gasteiger partial charge in [0.25, 0.3) is 0 Å². The Balaban J connectivity index is 2.17. The first-order chi connectivity index (χ1) is 11.6. The molecule has 1 aliphatic heterocycles. The van der Waals surface area contributed by atoms with Crippen molar-refractivity contribution in [3.8, 4) is 0 Å². The highest BCUT2D eigenvalue weighted by Gasteiger charge is 2.54. The highest BCUT2D eigenvalue weighted by Crippen LogP contribution is 2.47. The molecule has 0 N–H and O–H groups in total. The molecule has 3 rings (SSSR count). The molecule has 0 unspecified atom stereocenters. The van der Waals surface area contributed by atoms with Gasteiger partial charge in [0.1, 0.15) is 34.6 Å². The Bertz CT molecular complexity index is 709. The predicted octanol–water partition coefficient (Wildman–Crippen LogP) is 5.08. The van der Waals surface area contributed by atoms with Crippen LogP contribution in [0.25, 0.3) is 0 Å². The molecule has 2 aromatic carbocycles. The number of benzene rings is 2. The number of hydrogen-bond acceptors (Lipinski definition) is 2. The predicted molar refractivity (Wildman–Crippen MR) is 90.7 cm³/mol. The van der Waals surface area contributed by atoms with Gasteiger partial charge in [-0.3, -0.25) is 0 Å². The molecule has 0 atom stereocenters. The zero-order valence-corrected chi connectivity index (χ0v) is 14.6. The van der Waals surface area contributed by atoms with Crippen LogP contribution in [0.2, 0.25) is 0 Å². The summed E-state index contributed by atoms with van der Waals surface area (Å²) in [4.78, 5) is 3.03. The van der Waals surface area contributed by atoms with Gasteiger partial charge in [0.15, 0.2) is 0 Å². The molecule has 0 bridgehead atoms. The topological polar surface area (TPSA) is 6.48 Å². The molecule has 0 radical (unpaired) electrons. The first-order valence-electron chi connectivity index (χ1n) is 8.02. The largest absolute Gasteiger partial charge is 0.342 e. The second-order valence-corrected chi connectivity index (χ2v) is 7.26. The Labute approximate surface area is 144 Å². The summed E-state index contributed by atoms with van der Waals surface area (Å²) in [5, 5.41) is 0. The van der Waals surface area contributed by atoms with Gasteiger partial charge in [-0.1, -0.05) is 12.1 Å². The van der Waals surface area contributed by atoms with Gasteiger partial charge >= 0.3 is 0 Å². The summed E-state index contributed by atoms with van der Waals surface area (Å²) in [6.45, 7) is 7.17. The van der Waals surface area contributed by atoms with E-state index in [1.165, 1.54) is 46.2 Å². The van der Waals surface area contributed by atoms with Gasteiger partial charge in [0.05, 0.1) is 17.7 Å². The maximum atomic E-state index is 14.3. The van der Waals surface area contributed by atoms with Gasteiger partial charge in [-0.05, 0) is 52.0 Å². The maximum Gasteiger partial charge on any atom is 0.149 e. The lowest BCUT2D eigenvalue weighted by molar-refractivity contribution is 0.338. The first kappa shape index (κ1) is 17.6. The fourth-order valence-electron chi connectivity index (χ4n) is 3.35. The number of nitrogens with zero attached hydrogens (tertiary/aromatic N) is 2. The molecule has 1 aliphatic rings. The zero-order chi connectivity index (χ0) is 18.6. The van der Waals surface area contributed by atoms with Crippen molar-refractivity contribution in [2.24, 2.45) is 0 Å². The Morgan fingerprint density at radius 3 is 1.20 bits per heavy atom. The van der Waals surface area contributed by atoms with E-state index in [0.717, 1.165) is 0 Å². The second-order valence-electron chi connectivity index (χ2n) is 7.26. The van der Waals surface area contributed by atoms with E-state index in [9.17, 15) is 17.6 Å². The van der Waals surface area contributed by atoms with Crippen LogP contribution in [0, 0.1) is 23.3 Å². The van der Waals surface area contributed by atoms with Gasteiger partial charge in [-0.2, -0.15) is 0 Å². The SMILES string of the molecule is CC1(C)N(c2c(F)cccc2F)CN(c2c(F)cccc2F)C1(C)C. The van der Waals surface area contributed by atoms with Crippen molar-refractivity contribution in [2.45, 2.75) is 38.8 Å². The highest BCUT2D eigenvalue weighted by atomic mass is 19.1. The molecule has 1 saturated heterocycles. The van der Waals surface area contributed by atoms with Crippen molar-refractivity contribution < 1.29 is 17.6 Å². The standard InChI is InChI=1S/C19H20F4N2/c1-18(2)19(3,4)25(17-14(22)9-6-10-15(17)23)11-24(18)16-12(20)7-5-8-13(16)21/h5-10H,11H2,1-4H3. The third-order valence-corrected chi connectivity index (χ3v) is 5.54. The maximum absolute atomic E-state index is 14.3. The minimum absolute atomic E-state index is 0.0459. The van der Waals surface area contributed by atoms with Crippen molar-refractivity contribution in [1.82, 2.24) is 0 Å². The third-order valence-electron chi connectivity index (χ3n) is 5.54. The van der Waals surface area contributed by atoms with Crippen LogP contribution in [0.5, 0.6) is 0 Å². The number of hydrogen-bond donors (Lipinski definition) is 0. The molecule has 25 heavy (non-hydrogen) atoms. The summed E-state index contributed by atoms with van der Waals surface area (Å²) in [6.07, 6.45) is 0. The second kappa shape index (κ2) is 5.64. The summed E-state index contributed by atoms with van der Waals surface area (Å²) in [5.74, 6) is -2.83. The monoisotopic (exact) mass is 352 g/mol. The first-order valence-corrected chi connectivity index (χ1v) is 8.02. The summed E-state index contributed by atoms with van der Waals surface area (Å²) in [6, 6.07) is 7.27. The summed E-state index contributed by atoms with van der Waals surface area (Å²) < 4.78 is 57.3. The third kappa shape index (κ3) is 2.46. The lowest BCUT2D eigenvalue weighted by Gasteiger charge is -2.43. The number of anilines is 2. The summed E-state index contributed by atoms with van der Waals surface area (Å²) in [7, 11) is 0. The van der Waals surface area contributed by atoms with E-state index < -0.39 is 34.3 Å². The van der Waals surface area contributed by atoms with Gasteiger partial charge in [0.2, 0.25) is 0 Å². The molecule has 0 spiro atoms. The van der Waals surface area contributed by atoms with Gasteiger partial charge in [-0.25, -0.2) is 17.6 Å². The van der Waals surface area contributed by atoms with E-state index in [-0.39, 0.29) is 18.0 Å². The molecule has 0 saturated carbocycles. The van der Waals surface area contributed by atoms with Crippen LogP contribution in [0.15, 0.2) is 36.4 Å². The number of rotatable bonds is 2. The molecular formula is C19H20F4N2. The van der Waals surface area contributed by atoms with Crippen molar-refractivity contribution in [2.75, 3.05) is 16.5 Å². The molecule has 0 aromatic heterocycles. The van der Waals surface area contributed by atoms with E-state index in [0.29, 0.717) is 0 Å². The van der Waals surface area contributed by atoms with Crippen LogP contribution >= 0.6 is 0 Å². The quantitative estimate of drug-likeness (QED) is 0.695. The van der Waals surface area contributed by atoms with Gasteiger partial charge in [0, 0.05) is 0 Å². The smallest absolute Gasteiger partial charge is 0.149 e. The lowest BCUT2D eigenvalue weighted by atomic mass is 9.81. The average molecular weight is 352 g/mol. The van der Waals surface area contributed by atoms with Crippen LogP contribution in [-0.2, 0) is 0 Å². The van der Waals surface area contributed by atoms with E-state index in [1.807, 2.05) is 0 Å². The van der Waals surface area contributed by atoms with Crippen LogP contribution in [-0.4, -0.2) is 17.7 Å². The summed E-state index contributed by atoms with van der Waals surface area (Å²) in [5.41, 5.74) is -1.99. The zero-order valence-electron chi connectivity index (χ0n) is 14.6. The highest BCUT2D eigenvalue weighted by molar-refractivity contribution is 5.63. The fourth-order valence-corrected chi connectivity index (χ4v) is 3.35. The van der Waals surface area contributed by atoms with Crippen LogP contribution in [0.4, 0.5) is 28.9 Å². The Kier molecular flexibility index (Phi) is 3.97. The molecule has 134 valence electrons. The molecule has 2 nitrogen and oxygen atoms in total. The van der Waals surface area contributed by atoms with Crippen molar-refractivity contribution in [3.63, 3.8) is 0 Å². The van der Waals surface area contributed by atoms with E-state index in [2.05, 4.69) is 0 Å². The van der Waals surface area contributed by atoms with Crippen molar-refractivity contribution in [3.05, 3.63) is 59.7 Å². The molecular weight excluding hydrogens is 332 g/mol. The minimum atomic E-state index is -0.801. The van der Waals surface area contributed by atoms with Crippen molar-refractivity contribution in [1.29, 1.82) is 0 Å². The van der Waals surface area contributed by atoms with E-state index in [1.54, 1.807) is 27.7 Å². The molecule has 6 heteroatoms. The normalized spacial score (nSPS) is 18.7. The van der Waals surface area contributed by atoms with Crippen LogP contribution in [0.1, 0.15) is 27.7 Å². The van der Waals surface area contributed by atoms with Gasteiger partial charge in [-0.15, -0.1) is 0 Å². The van der Waals surface area contributed by atoms with Crippen LogP contribution < -0.4 is 9.80 Å².